The number of nitrogens with zero attached hydrogens (tertiary/aromatic N) is 4. The summed E-state index contributed by atoms with van der Waals surface area (Å²) >= 11 is 2.98. The molecule has 3 rings (SSSR count). The van der Waals surface area contributed by atoms with E-state index in [4.69, 9.17) is 9.97 Å². The van der Waals surface area contributed by atoms with Crippen LogP contribution in [0.15, 0.2) is 15.7 Å². The molecule has 0 atom stereocenters. The third-order valence-electron chi connectivity index (χ3n) is 3.13. The van der Waals surface area contributed by atoms with E-state index >= 15 is 0 Å². The zero-order valence-corrected chi connectivity index (χ0v) is 13.2. The van der Waals surface area contributed by atoms with Crippen LogP contribution in [0.25, 0.3) is 0 Å². The predicted molar refractivity (Wildman–Crippen MR) is 81.6 cm³/mol. The van der Waals surface area contributed by atoms with Crippen molar-refractivity contribution in [3.8, 4) is 0 Å². The van der Waals surface area contributed by atoms with Gasteiger partial charge in [-0.15, -0.1) is 0 Å². The zero-order valence-electron chi connectivity index (χ0n) is 11.6. The second kappa shape index (κ2) is 6.05. The van der Waals surface area contributed by atoms with Gasteiger partial charge in [-0.05, 0) is 49.5 Å². The van der Waals surface area contributed by atoms with E-state index in [0.29, 0.717) is 5.92 Å². The molecule has 5 nitrogen and oxygen atoms in total. The van der Waals surface area contributed by atoms with Crippen molar-refractivity contribution in [1.29, 1.82) is 0 Å². The molecule has 0 spiro atoms. The molecule has 0 bridgehead atoms. The molecular weight excluding hydrogens is 290 g/mol. The van der Waals surface area contributed by atoms with Crippen LogP contribution >= 0.6 is 23.3 Å². The second-order valence-corrected chi connectivity index (χ2v) is 6.89. The summed E-state index contributed by atoms with van der Waals surface area (Å²) in [6.07, 6.45) is 5.08. The molecule has 20 heavy (non-hydrogen) atoms. The lowest BCUT2D eigenvalue weighted by Gasteiger charge is -2.12. The van der Waals surface area contributed by atoms with Crippen molar-refractivity contribution < 1.29 is 0 Å². The van der Waals surface area contributed by atoms with Crippen molar-refractivity contribution >= 4 is 29.1 Å². The van der Waals surface area contributed by atoms with Crippen LogP contribution in [-0.2, 0) is 0 Å². The minimum Gasteiger partial charge on any atom is -0.370 e. The summed E-state index contributed by atoms with van der Waals surface area (Å²) in [7, 11) is 0. The SMILES string of the molecule is CCCNc1nc(C2CC2)nc(Sc2ncns2)c1C. The van der Waals surface area contributed by atoms with Gasteiger partial charge in [-0.3, -0.25) is 0 Å². The molecule has 0 aliphatic heterocycles. The first kappa shape index (κ1) is 13.8. The number of hydrogen-bond acceptors (Lipinski definition) is 7. The molecule has 0 saturated heterocycles. The lowest BCUT2D eigenvalue weighted by Crippen LogP contribution is -2.08. The first-order valence-corrected chi connectivity index (χ1v) is 8.44. The van der Waals surface area contributed by atoms with Crippen LogP contribution in [0.1, 0.15) is 43.5 Å². The van der Waals surface area contributed by atoms with Crippen molar-refractivity contribution in [1.82, 2.24) is 19.3 Å². The fourth-order valence-electron chi connectivity index (χ4n) is 1.84. The van der Waals surface area contributed by atoms with Crippen molar-refractivity contribution in [3.05, 3.63) is 17.7 Å². The normalized spacial score (nSPS) is 14.5. The lowest BCUT2D eigenvalue weighted by molar-refractivity contribution is 0.853. The Morgan fingerprint density at radius 1 is 1.40 bits per heavy atom. The average Bonchev–Trinajstić information content (AvgIpc) is 3.18. The van der Waals surface area contributed by atoms with E-state index in [2.05, 4.69) is 28.5 Å². The van der Waals surface area contributed by atoms with E-state index in [9.17, 15) is 0 Å². The van der Waals surface area contributed by atoms with Gasteiger partial charge in [-0.25, -0.2) is 15.0 Å². The Balaban J connectivity index is 1.91. The Morgan fingerprint density at radius 3 is 2.90 bits per heavy atom. The monoisotopic (exact) mass is 307 g/mol. The molecule has 0 radical (unpaired) electrons. The molecule has 1 saturated carbocycles. The van der Waals surface area contributed by atoms with Crippen LogP contribution in [0.5, 0.6) is 0 Å². The minimum absolute atomic E-state index is 0.548. The van der Waals surface area contributed by atoms with Gasteiger partial charge in [0.2, 0.25) is 0 Å². The Labute approximate surface area is 126 Å². The number of aromatic nitrogens is 4. The van der Waals surface area contributed by atoms with Crippen LogP contribution in [-0.4, -0.2) is 25.9 Å². The van der Waals surface area contributed by atoms with Crippen molar-refractivity contribution in [3.63, 3.8) is 0 Å². The van der Waals surface area contributed by atoms with Gasteiger partial charge in [0.05, 0.1) is 0 Å². The first-order valence-electron chi connectivity index (χ1n) is 6.85. The molecule has 0 unspecified atom stereocenters. The predicted octanol–water partition coefficient (Wildman–Crippen LogP) is 3.49. The van der Waals surface area contributed by atoms with Crippen LogP contribution < -0.4 is 5.32 Å². The van der Waals surface area contributed by atoms with Gasteiger partial charge >= 0.3 is 0 Å². The van der Waals surface area contributed by atoms with Gasteiger partial charge in [-0.1, -0.05) is 6.92 Å². The van der Waals surface area contributed by atoms with E-state index in [1.807, 2.05) is 0 Å². The maximum atomic E-state index is 4.73. The van der Waals surface area contributed by atoms with E-state index in [1.165, 1.54) is 24.4 Å². The molecule has 2 heterocycles. The summed E-state index contributed by atoms with van der Waals surface area (Å²) in [5.41, 5.74) is 1.10. The van der Waals surface area contributed by atoms with E-state index in [-0.39, 0.29) is 0 Å². The Morgan fingerprint density at radius 2 is 2.25 bits per heavy atom. The summed E-state index contributed by atoms with van der Waals surface area (Å²) < 4.78 is 4.97. The number of rotatable bonds is 6. The lowest BCUT2D eigenvalue weighted by atomic mass is 10.3. The number of hydrogen-bond donors (Lipinski definition) is 1. The maximum Gasteiger partial charge on any atom is 0.176 e. The molecule has 0 amide bonds. The van der Waals surface area contributed by atoms with Gasteiger partial charge < -0.3 is 5.32 Å². The highest BCUT2D eigenvalue weighted by molar-refractivity contribution is 8.00. The summed E-state index contributed by atoms with van der Waals surface area (Å²) in [6.45, 7) is 5.16. The van der Waals surface area contributed by atoms with E-state index in [1.54, 1.807) is 18.1 Å². The fraction of sp³-hybridized carbons (Fsp3) is 0.538. The first-order chi connectivity index (χ1) is 9.78. The summed E-state index contributed by atoms with van der Waals surface area (Å²) in [6, 6.07) is 0. The Bertz CT molecular complexity index is 581. The van der Waals surface area contributed by atoms with E-state index < -0.39 is 0 Å². The molecular formula is C13H17N5S2. The molecule has 0 aromatic carbocycles. The summed E-state index contributed by atoms with van der Waals surface area (Å²) in [5, 5.41) is 4.41. The van der Waals surface area contributed by atoms with Crippen LogP contribution in [0.2, 0.25) is 0 Å². The number of nitrogens with one attached hydrogen (secondary N) is 1. The van der Waals surface area contributed by atoms with Crippen LogP contribution in [0, 0.1) is 6.92 Å². The third-order valence-corrected chi connectivity index (χ3v) is 4.93. The minimum atomic E-state index is 0.548. The molecule has 1 fully saturated rings. The third kappa shape index (κ3) is 3.09. The summed E-state index contributed by atoms with van der Waals surface area (Å²) in [4.78, 5) is 13.6. The van der Waals surface area contributed by atoms with Crippen molar-refractivity contribution in [2.24, 2.45) is 0 Å². The molecule has 1 aliphatic rings. The van der Waals surface area contributed by atoms with Gasteiger partial charge in [-0.2, -0.15) is 4.37 Å². The standard InChI is InChI=1S/C13H17N5S2/c1-3-6-14-10-8(2)12(19-13-15-7-16-20-13)18-11(17-10)9-4-5-9/h7,9H,3-6H2,1-2H3,(H,14,17,18). The maximum absolute atomic E-state index is 4.73. The highest BCUT2D eigenvalue weighted by Crippen LogP contribution is 2.41. The molecule has 7 heteroatoms. The van der Waals surface area contributed by atoms with Crippen molar-refractivity contribution in [2.75, 3.05) is 11.9 Å². The van der Waals surface area contributed by atoms with Gasteiger partial charge in [0.15, 0.2) is 4.34 Å². The van der Waals surface area contributed by atoms with E-state index in [0.717, 1.165) is 39.5 Å². The number of anilines is 1. The molecule has 2 aromatic rings. The summed E-state index contributed by atoms with van der Waals surface area (Å²) in [5.74, 6) is 2.49. The molecule has 2 aromatic heterocycles. The fourth-order valence-corrected chi connectivity index (χ4v) is 3.29. The molecule has 1 N–H and O–H groups in total. The van der Waals surface area contributed by atoms with Gasteiger partial charge in [0.25, 0.3) is 0 Å². The van der Waals surface area contributed by atoms with Gasteiger partial charge in [0.1, 0.15) is 23.0 Å². The Hall–Kier alpha value is -1.21. The smallest absolute Gasteiger partial charge is 0.176 e. The highest BCUT2D eigenvalue weighted by Gasteiger charge is 2.28. The average molecular weight is 307 g/mol. The van der Waals surface area contributed by atoms with Crippen LogP contribution in [0.3, 0.4) is 0 Å². The Kier molecular flexibility index (Phi) is 4.16. The largest absolute Gasteiger partial charge is 0.370 e. The molecule has 1 aliphatic carbocycles. The van der Waals surface area contributed by atoms with Crippen molar-refractivity contribution in [2.45, 2.75) is 48.4 Å². The highest BCUT2D eigenvalue weighted by atomic mass is 32.2. The van der Waals surface area contributed by atoms with Crippen LogP contribution in [0.4, 0.5) is 5.82 Å². The van der Waals surface area contributed by atoms with Gasteiger partial charge in [0, 0.05) is 18.0 Å². The zero-order chi connectivity index (χ0) is 13.9. The second-order valence-electron chi connectivity index (χ2n) is 4.87. The topological polar surface area (TPSA) is 63.6 Å². The molecule has 106 valence electrons. The quantitative estimate of drug-likeness (QED) is 0.824.